The van der Waals surface area contributed by atoms with E-state index in [9.17, 15) is 38.7 Å². The lowest BCUT2D eigenvalue weighted by Crippen LogP contribution is -2.58. The van der Waals surface area contributed by atoms with Gasteiger partial charge in [-0.1, -0.05) is 13.8 Å². The number of aliphatic carboxylic acids is 1. The Bertz CT molecular complexity index is 1270. The first-order chi connectivity index (χ1) is 24.9. The summed E-state index contributed by atoms with van der Waals surface area (Å²) in [4.78, 5) is 97.0. The minimum Gasteiger partial charge on any atom is -0.480 e. The van der Waals surface area contributed by atoms with Gasteiger partial charge >= 0.3 is 5.97 Å². The average Bonchev–Trinajstić information content (AvgIpc) is 3.08. The van der Waals surface area contributed by atoms with E-state index in [1.807, 2.05) is 0 Å². The van der Waals surface area contributed by atoms with Gasteiger partial charge < -0.3 is 71.4 Å². The van der Waals surface area contributed by atoms with E-state index in [0.29, 0.717) is 19.4 Å². The van der Waals surface area contributed by atoms with Gasteiger partial charge in [0.05, 0.1) is 13.1 Å². The van der Waals surface area contributed by atoms with E-state index in [2.05, 4.69) is 41.9 Å². The van der Waals surface area contributed by atoms with Gasteiger partial charge in [-0.15, -0.1) is 0 Å². The Labute approximate surface area is 309 Å². The Morgan fingerprint density at radius 3 is 1.49 bits per heavy atom. The SMILES string of the molecule is CC(C)CC(NC(=O)C(CCCN=C(N)N)NC(=O)C(CCCN=C(N)N)NC(=O)C(C)NC(=O)C(CCCCN)NC(=O)CNC(=O)CN)C(=O)O. The zero-order valence-electron chi connectivity index (χ0n) is 30.8. The highest BCUT2D eigenvalue weighted by Crippen LogP contribution is 2.09. The van der Waals surface area contributed by atoms with Crippen LogP contribution < -0.4 is 66.3 Å². The number of nitrogens with one attached hydrogen (secondary N) is 6. The van der Waals surface area contributed by atoms with Gasteiger partial charge in [0.25, 0.3) is 0 Å². The Balaban J connectivity index is 6.05. The number of nitrogens with zero attached hydrogens (tertiary/aromatic N) is 2. The van der Waals surface area contributed by atoms with E-state index >= 15 is 0 Å². The largest absolute Gasteiger partial charge is 0.480 e. The van der Waals surface area contributed by atoms with Gasteiger partial charge in [-0.05, 0) is 70.8 Å². The smallest absolute Gasteiger partial charge is 0.326 e. The van der Waals surface area contributed by atoms with Gasteiger partial charge in [0.2, 0.25) is 35.4 Å². The molecule has 0 spiro atoms. The highest BCUT2D eigenvalue weighted by atomic mass is 16.4. The second kappa shape index (κ2) is 26.5. The molecule has 0 heterocycles. The molecule has 5 unspecified atom stereocenters. The fourth-order valence-electron chi connectivity index (χ4n) is 4.72. The van der Waals surface area contributed by atoms with E-state index in [1.165, 1.54) is 6.92 Å². The standard InChI is InChI=1S/C31H60N14O8/c1-17(2)14-22(29(52)53)45-28(51)21(10-7-13-39-31(36)37)44-27(50)20(9-6-12-38-30(34)35)43-25(48)18(3)41-26(49)19(8-4-5-11-32)42-24(47)16-40-23(46)15-33/h17-22H,4-16,32-33H2,1-3H3,(H,40,46)(H,41,49)(H,42,47)(H,43,48)(H,44,50)(H,45,51)(H,52,53)(H4,34,35,38)(H4,36,37,39). The molecule has 0 saturated carbocycles. The third-order valence-electron chi connectivity index (χ3n) is 7.46. The van der Waals surface area contributed by atoms with Gasteiger partial charge in [-0.2, -0.15) is 0 Å². The summed E-state index contributed by atoms with van der Waals surface area (Å²) in [7, 11) is 0. The summed E-state index contributed by atoms with van der Waals surface area (Å²) >= 11 is 0. The van der Waals surface area contributed by atoms with Crippen molar-refractivity contribution < 1.29 is 38.7 Å². The molecule has 302 valence electrons. The normalized spacial score (nSPS) is 13.5. The van der Waals surface area contributed by atoms with Crippen molar-refractivity contribution in [3.8, 4) is 0 Å². The summed E-state index contributed by atoms with van der Waals surface area (Å²) in [5, 5.41) is 24.6. The molecule has 0 aromatic carbocycles. The number of unbranched alkanes of at least 4 members (excludes halogenated alkanes) is 1. The van der Waals surface area contributed by atoms with Crippen LogP contribution in [0.5, 0.6) is 0 Å². The molecular weight excluding hydrogens is 696 g/mol. The summed E-state index contributed by atoms with van der Waals surface area (Å²) in [5.74, 6) is -5.96. The molecule has 0 aliphatic rings. The summed E-state index contributed by atoms with van der Waals surface area (Å²) in [6.45, 7) is 4.75. The molecule has 6 amide bonds. The van der Waals surface area contributed by atoms with Crippen molar-refractivity contribution in [2.75, 3.05) is 32.7 Å². The Morgan fingerprint density at radius 1 is 0.585 bits per heavy atom. The maximum atomic E-state index is 13.7. The van der Waals surface area contributed by atoms with Crippen LogP contribution in [0.4, 0.5) is 0 Å². The Kier molecular flexibility index (Phi) is 23.9. The van der Waals surface area contributed by atoms with Crippen molar-refractivity contribution in [1.82, 2.24) is 31.9 Å². The van der Waals surface area contributed by atoms with Crippen LogP contribution in [0, 0.1) is 5.92 Å². The number of nitrogens with two attached hydrogens (primary N) is 6. The molecule has 0 saturated heterocycles. The lowest BCUT2D eigenvalue weighted by atomic mass is 10.0. The van der Waals surface area contributed by atoms with Crippen LogP contribution in [-0.2, 0) is 33.6 Å². The minimum absolute atomic E-state index is 0.00521. The number of carboxylic acid groups (broad SMARTS) is 1. The van der Waals surface area contributed by atoms with Crippen LogP contribution in [0.25, 0.3) is 0 Å². The third kappa shape index (κ3) is 22.3. The lowest BCUT2D eigenvalue weighted by Gasteiger charge is -2.26. The molecule has 0 aromatic heterocycles. The van der Waals surface area contributed by atoms with Crippen molar-refractivity contribution in [2.45, 2.75) is 102 Å². The first kappa shape index (κ1) is 47.8. The molecule has 0 aromatic rings. The van der Waals surface area contributed by atoms with Crippen LogP contribution in [0.3, 0.4) is 0 Å². The number of amides is 6. The number of aliphatic imine (C=N–C) groups is 2. The minimum atomic E-state index is -1.26. The first-order valence-electron chi connectivity index (χ1n) is 17.4. The van der Waals surface area contributed by atoms with Crippen molar-refractivity contribution in [1.29, 1.82) is 0 Å². The number of rotatable bonds is 27. The molecule has 5 atom stereocenters. The Morgan fingerprint density at radius 2 is 1.04 bits per heavy atom. The lowest BCUT2D eigenvalue weighted by molar-refractivity contribution is -0.143. The number of carbonyl (C=O) groups is 7. The average molecular weight is 757 g/mol. The van der Waals surface area contributed by atoms with Crippen molar-refractivity contribution in [3.63, 3.8) is 0 Å². The topological polar surface area (TPSA) is 393 Å². The van der Waals surface area contributed by atoms with Crippen LogP contribution in [-0.4, -0.2) is 121 Å². The molecule has 0 fully saturated rings. The van der Waals surface area contributed by atoms with Crippen LogP contribution in [0.1, 0.15) is 72.1 Å². The quantitative estimate of drug-likeness (QED) is 0.0212. The van der Waals surface area contributed by atoms with Gasteiger partial charge in [0.15, 0.2) is 11.9 Å². The van der Waals surface area contributed by atoms with Crippen molar-refractivity contribution in [2.24, 2.45) is 50.3 Å². The maximum absolute atomic E-state index is 13.7. The van der Waals surface area contributed by atoms with Crippen LogP contribution in [0.15, 0.2) is 9.98 Å². The summed E-state index contributed by atoms with van der Waals surface area (Å²) in [6, 6.07) is -6.03. The molecule has 0 aliphatic heterocycles. The summed E-state index contributed by atoms with van der Waals surface area (Å²) in [6.07, 6.45) is 1.77. The number of hydrogen-bond donors (Lipinski definition) is 13. The predicted molar refractivity (Wildman–Crippen MR) is 197 cm³/mol. The predicted octanol–water partition coefficient (Wildman–Crippen LogP) is -5.13. The van der Waals surface area contributed by atoms with Crippen LogP contribution in [0.2, 0.25) is 0 Å². The van der Waals surface area contributed by atoms with Gasteiger partial charge in [0, 0.05) is 13.1 Å². The molecule has 22 nitrogen and oxygen atoms in total. The second-order valence-corrected chi connectivity index (χ2v) is 12.7. The van der Waals surface area contributed by atoms with Crippen molar-refractivity contribution >= 4 is 53.3 Å². The second-order valence-electron chi connectivity index (χ2n) is 12.7. The van der Waals surface area contributed by atoms with Gasteiger partial charge in [0.1, 0.15) is 30.2 Å². The number of carboxylic acids is 1. The fraction of sp³-hybridized carbons (Fsp3) is 0.710. The molecule has 22 heteroatoms. The molecule has 0 bridgehead atoms. The van der Waals surface area contributed by atoms with E-state index < -0.39 is 78.2 Å². The highest BCUT2D eigenvalue weighted by Gasteiger charge is 2.31. The van der Waals surface area contributed by atoms with Crippen molar-refractivity contribution in [3.05, 3.63) is 0 Å². The molecular formula is C31H60N14O8. The van der Waals surface area contributed by atoms with Gasteiger partial charge in [-0.3, -0.25) is 38.8 Å². The highest BCUT2D eigenvalue weighted by molar-refractivity contribution is 5.96. The number of hydrogen-bond acceptors (Lipinski definition) is 11. The van der Waals surface area contributed by atoms with E-state index in [1.54, 1.807) is 13.8 Å². The Hall–Kier alpha value is -5.25. The molecule has 0 rings (SSSR count). The maximum Gasteiger partial charge on any atom is 0.326 e. The van der Waals surface area contributed by atoms with E-state index in [4.69, 9.17) is 34.4 Å². The summed E-state index contributed by atoms with van der Waals surface area (Å²) < 4.78 is 0. The molecule has 0 aliphatic carbocycles. The first-order valence-corrected chi connectivity index (χ1v) is 17.4. The molecule has 0 radical (unpaired) electrons. The van der Waals surface area contributed by atoms with E-state index in [-0.39, 0.29) is 76.0 Å². The van der Waals surface area contributed by atoms with Gasteiger partial charge in [-0.25, -0.2) is 4.79 Å². The zero-order chi connectivity index (χ0) is 40.5. The third-order valence-corrected chi connectivity index (χ3v) is 7.46. The van der Waals surface area contributed by atoms with E-state index in [0.717, 1.165) is 0 Å². The fourth-order valence-corrected chi connectivity index (χ4v) is 4.72. The number of carbonyl (C=O) groups excluding carboxylic acids is 6. The molecule has 53 heavy (non-hydrogen) atoms. The number of guanidine groups is 2. The van der Waals surface area contributed by atoms with Crippen LogP contribution >= 0.6 is 0 Å². The monoisotopic (exact) mass is 756 g/mol. The molecule has 19 N–H and O–H groups in total. The zero-order valence-corrected chi connectivity index (χ0v) is 30.8. The summed E-state index contributed by atoms with van der Waals surface area (Å²) in [5.41, 5.74) is 32.4.